The topological polar surface area (TPSA) is 184 Å². The molecular weight excluding hydrogens is 749 g/mol. The van der Waals surface area contributed by atoms with Crippen LogP contribution in [0, 0.1) is 0 Å². The summed E-state index contributed by atoms with van der Waals surface area (Å²) in [4.78, 5) is 12.9. The summed E-state index contributed by atoms with van der Waals surface area (Å²) in [6, 6.07) is 12.5. The van der Waals surface area contributed by atoms with E-state index in [1.165, 1.54) is 12.1 Å². The number of rotatable bonds is 19. The summed E-state index contributed by atoms with van der Waals surface area (Å²) in [6.07, 6.45) is 7.65. The van der Waals surface area contributed by atoms with Gasteiger partial charge >= 0.3 is 5.97 Å². The van der Waals surface area contributed by atoms with Crippen LogP contribution in [0.2, 0.25) is 0 Å². The van der Waals surface area contributed by atoms with E-state index >= 15 is 0 Å². The minimum atomic E-state index is -4.56. The zero-order chi connectivity index (χ0) is 40.6. The molecule has 4 rings (SSSR count). The number of fused-ring (bicyclic) bond motifs is 2. The van der Waals surface area contributed by atoms with Crippen molar-refractivity contribution in [1.29, 1.82) is 0 Å². The average Bonchev–Trinajstić information content (AvgIpc) is 3.32. The van der Waals surface area contributed by atoms with Crippen LogP contribution >= 0.6 is 0 Å². The van der Waals surface area contributed by atoms with Crippen LogP contribution in [0.3, 0.4) is 0 Å². The molecule has 0 bridgehead atoms. The number of carboxylic acid groups (broad SMARTS) is 1. The van der Waals surface area contributed by atoms with E-state index in [9.17, 15) is 30.7 Å². The van der Waals surface area contributed by atoms with Crippen molar-refractivity contribution in [1.82, 2.24) is 4.58 Å². The number of methoxy groups -OCH3 is 2. The molecule has 1 aliphatic carbocycles. The van der Waals surface area contributed by atoms with Gasteiger partial charge in [0.1, 0.15) is 24.7 Å². The Kier molecular flexibility index (Phi) is 14.7. The highest BCUT2D eigenvalue weighted by Gasteiger charge is 2.43. The Hall–Kier alpha value is -3.86. The van der Waals surface area contributed by atoms with Gasteiger partial charge in [0.05, 0.1) is 16.7 Å². The van der Waals surface area contributed by atoms with Crippen molar-refractivity contribution < 1.29 is 49.7 Å². The zero-order valence-corrected chi connectivity index (χ0v) is 34.2. The number of anilines is 1. The Balaban J connectivity index is 1.87. The molecule has 1 unspecified atom stereocenters. The van der Waals surface area contributed by atoms with E-state index in [2.05, 4.69) is 37.5 Å². The molecule has 0 radical (unpaired) electrons. The lowest BCUT2D eigenvalue weighted by Gasteiger charge is -2.30. The third kappa shape index (κ3) is 11.6. The predicted octanol–water partition coefficient (Wildman–Crippen LogP) is 5.98. The van der Waals surface area contributed by atoms with Crippen LogP contribution in [0.25, 0.3) is 17.4 Å². The molecule has 55 heavy (non-hydrogen) atoms. The van der Waals surface area contributed by atoms with E-state index < -0.39 is 37.4 Å². The Bertz CT molecular complexity index is 2140. The normalized spacial score (nSPS) is 17.1. The molecule has 13 nitrogen and oxygen atoms in total. The molecule has 302 valence electrons. The first-order valence-electron chi connectivity index (χ1n) is 18.4. The van der Waals surface area contributed by atoms with Gasteiger partial charge in [-0.1, -0.05) is 33.3 Å². The van der Waals surface area contributed by atoms with E-state index in [1.54, 1.807) is 20.3 Å². The molecule has 3 N–H and O–H groups in total. The van der Waals surface area contributed by atoms with Gasteiger partial charge in [-0.2, -0.15) is 16.8 Å². The van der Waals surface area contributed by atoms with Gasteiger partial charge in [-0.25, -0.2) is 4.58 Å². The number of benzene rings is 2. The molecule has 1 aromatic rings. The molecule has 2 aliphatic heterocycles. The minimum Gasteiger partial charge on any atom is -0.481 e. The molecule has 0 spiro atoms. The summed E-state index contributed by atoms with van der Waals surface area (Å²) < 4.78 is 86.9. The lowest BCUT2D eigenvalue weighted by molar-refractivity contribution is -0.137. The monoisotopic (exact) mass is 803 g/mol. The molecular formula is C40H55N2O11S2+. The molecule has 1 aromatic carbocycles. The summed E-state index contributed by atoms with van der Waals surface area (Å²) in [5.74, 6) is -0.0814. The van der Waals surface area contributed by atoms with E-state index in [0.717, 1.165) is 22.2 Å². The van der Waals surface area contributed by atoms with Crippen molar-refractivity contribution in [3.8, 4) is 11.3 Å². The highest BCUT2D eigenvalue weighted by molar-refractivity contribution is 7.86. The van der Waals surface area contributed by atoms with Gasteiger partial charge in [-0.15, -0.1) is 0 Å². The summed E-state index contributed by atoms with van der Waals surface area (Å²) in [6.45, 7) is 11.2. The number of carboxylic acids is 1. The highest BCUT2D eigenvalue weighted by atomic mass is 32.2. The summed E-state index contributed by atoms with van der Waals surface area (Å²) in [7, 11) is -5.51. The van der Waals surface area contributed by atoms with Crippen molar-refractivity contribution in [3.63, 3.8) is 0 Å². The number of aliphatic carboxylic acids is 1. The molecule has 1 atom stereocenters. The third-order valence-electron chi connectivity index (χ3n) is 9.95. The summed E-state index contributed by atoms with van der Waals surface area (Å²) >= 11 is 0. The highest BCUT2D eigenvalue weighted by Crippen LogP contribution is 2.51. The van der Waals surface area contributed by atoms with Gasteiger partial charge in [0, 0.05) is 55.6 Å². The number of carbonyl (C=O) groups is 1. The van der Waals surface area contributed by atoms with Crippen LogP contribution in [-0.2, 0) is 45.3 Å². The molecule has 0 fully saturated rings. The molecule has 15 heteroatoms. The maximum atomic E-state index is 12.3. The number of allylic oxidation sites excluding steroid dienone is 3. The minimum absolute atomic E-state index is 0.0404. The SMILES string of the molecule is COCC[N+](CCOC)=c1ccc2c(C(C)(C)C)cc(C=CC=C3N(CCCCCC(=O)O)c4ccc(S(=O)(=O)O)cc4C3(C)CCCS(=O)(=O)O)oc-2c1. The maximum absolute atomic E-state index is 12.3. The van der Waals surface area contributed by atoms with Gasteiger partial charge in [-0.05, 0) is 91.6 Å². The molecule has 3 aliphatic rings. The first kappa shape index (κ1) is 43.9. The first-order valence-corrected chi connectivity index (χ1v) is 21.4. The fraction of sp³-hybridized carbons (Fsp3) is 0.500. The van der Waals surface area contributed by atoms with Crippen LogP contribution in [0.5, 0.6) is 0 Å². The first-order chi connectivity index (χ1) is 25.8. The lowest BCUT2D eigenvalue weighted by Crippen LogP contribution is -2.35. The Labute approximate surface area is 324 Å². The fourth-order valence-electron chi connectivity index (χ4n) is 7.13. The molecule has 0 saturated heterocycles. The zero-order valence-electron chi connectivity index (χ0n) is 32.6. The summed E-state index contributed by atoms with van der Waals surface area (Å²) in [5.41, 5.74) is 2.89. The Morgan fingerprint density at radius 2 is 1.64 bits per heavy atom. The van der Waals surface area contributed by atoms with Crippen LogP contribution in [-0.4, -0.2) is 89.8 Å². The quantitative estimate of drug-likeness (QED) is 0.0733. The molecule has 0 saturated carbocycles. The molecule has 2 heterocycles. The average molecular weight is 804 g/mol. The summed E-state index contributed by atoms with van der Waals surface area (Å²) in [5, 5.41) is 10.1. The van der Waals surface area contributed by atoms with Gasteiger partial charge in [-0.3, -0.25) is 13.9 Å². The second-order valence-corrected chi connectivity index (χ2v) is 18.1. The van der Waals surface area contributed by atoms with Gasteiger partial charge in [0.25, 0.3) is 20.2 Å². The second-order valence-electron chi connectivity index (χ2n) is 15.1. The van der Waals surface area contributed by atoms with Gasteiger partial charge in [0.15, 0.2) is 13.1 Å². The van der Waals surface area contributed by atoms with Gasteiger partial charge in [0.2, 0.25) is 5.36 Å². The van der Waals surface area contributed by atoms with Crippen molar-refractivity contribution in [3.05, 3.63) is 82.6 Å². The lowest BCUT2D eigenvalue weighted by atomic mass is 9.77. The third-order valence-corrected chi connectivity index (χ3v) is 11.6. The second kappa shape index (κ2) is 18.4. The number of hydrogen-bond donors (Lipinski definition) is 3. The Morgan fingerprint density at radius 3 is 2.24 bits per heavy atom. The number of hydrogen-bond acceptors (Lipinski definition) is 9. The van der Waals surface area contributed by atoms with Crippen molar-refractivity contribution >= 4 is 38.0 Å². The smallest absolute Gasteiger partial charge is 0.303 e. The predicted molar refractivity (Wildman–Crippen MR) is 213 cm³/mol. The van der Waals surface area contributed by atoms with Crippen LogP contribution < -0.4 is 14.8 Å². The Morgan fingerprint density at radius 1 is 0.945 bits per heavy atom. The van der Waals surface area contributed by atoms with E-state index in [0.29, 0.717) is 74.9 Å². The van der Waals surface area contributed by atoms with Crippen LogP contribution in [0.15, 0.2) is 69.6 Å². The van der Waals surface area contributed by atoms with Crippen molar-refractivity contribution in [2.45, 2.75) is 81.9 Å². The van der Waals surface area contributed by atoms with Gasteiger partial charge < -0.3 is 23.9 Å². The number of unbranched alkanes of at least 4 members (excludes halogenated alkanes) is 2. The largest absolute Gasteiger partial charge is 0.481 e. The molecule has 0 amide bonds. The van der Waals surface area contributed by atoms with Crippen molar-refractivity contribution in [2.75, 3.05) is 57.7 Å². The van der Waals surface area contributed by atoms with E-state index in [4.69, 9.17) is 19.0 Å². The number of ether oxygens (including phenoxy) is 2. The van der Waals surface area contributed by atoms with E-state index in [1.807, 2.05) is 42.2 Å². The number of nitrogens with zero attached hydrogens (tertiary/aromatic N) is 2. The van der Waals surface area contributed by atoms with Crippen molar-refractivity contribution in [2.24, 2.45) is 0 Å². The van der Waals surface area contributed by atoms with Crippen LogP contribution in [0.1, 0.15) is 83.1 Å². The van der Waals surface area contributed by atoms with Crippen LogP contribution in [0.4, 0.5) is 5.69 Å². The fourth-order valence-corrected chi connectivity index (χ4v) is 8.14. The standard InChI is InChI=1S/C40H54N2O11S2/c1-39(2,3)33-27-30(53-36-26-29(15-17-32(33)36)41(21-23-51-5)22-24-52-6)12-10-13-37-40(4,19-11-25-54(45,46)47)34-28-31(55(48,49)50)16-18-35(34)42(37)20-9-7-8-14-38(43)44/h10,12-13,15-18,26-28H,7-9,11,14,19-25H2,1-6H3,(H2-,43,44,45,46,47,48,49,50)/p+1. The maximum Gasteiger partial charge on any atom is 0.303 e. The molecule has 0 aromatic heterocycles. The van der Waals surface area contributed by atoms with E-state index in [-0.39, 0.29) is 29.6 Å².